The van der Waals surface area contributed by atoms with Crippen molar-refractivity contribution < 1.29 is 8.42 Å². The molecule has 0 spiro atoms. The summed E-state index contributed by atoms with van der Waals surface area (Å²) < 4.78 is 31.7. The summed E-state index contributed by atoms with van der Waals surface area (Å²) in [7, 11) is -3.45. The molecule has 4 rings (SSSR count). The predicted molar refractivity (Wildman–Crippen MR) is 104 cm³/mol. The van der Waals surface area contributed by atoms with Gasteiger partial charge in [0, 0.05) is 32.0 Å². The maximum atomic E-state index is 13.0. The normalized spacial score (nSPS) is 16.2. The van der Waals surface area contributed by atoms with Crippen LogP contribution in [0.5, 0.6) is 0 Å². The number of piperidine rings is 1. The molecule has 1 aromatic carbocycles. The molecule has 0 bridgehead atoms. The van der Waals surface area contributed by atoms with Crippen LogP contribution in [0.15, 0.2) is 35.5 Å². The first kappa shape index (κ1) is 18.2. The smallest absolute Gasteiger partial charge is 0.243 e. The highest BCUT2D eigenvalue weighted by molar-refractivity contribution is 7.89. The quantitative estimate of drug-likeness (QED) is 0.675. The second-order valence-electron chi connectivity index (χ2n) is 6.99. The molecule has 1 fully saturated rings. The second kappa shape index (κ2) is 7.09. The number of sulfonamides is 1. The zero-order chi connectivity index (χ0) is 19.0. The summed E-state index contributed by atoms with van der Waals surface area (Å²) in [5.74, 6) is 1.83. The first-order chi connectivity index (χ1) is 13.0. The van der Waals surface area contributed by atoms with Crippen molar-refractivity contribution in [1.82, 2.24) is 23.4 Å². The number of hydrogen-bond donors (Lipinski definition) is 0. The van der Waals surface area contributed by atoms with Crippen LogP contribution in [0.2, 0.25) is 0 Å². The highest BCUT2D eigenvalue weighted by Crippen LogP contribution is 2.25. The molecule has 0 unspecified atom stereocenters. The number of nitrogens with zero attached hydrogens (tertiary/aromatic N) is 5. The Labute approximate surface area is 159 Å². The molecule has 1 aliphatic rings. The molecule has 1 aliphatic heterocycles. The van der Waals surface area contributed by atoms with Crippen LogP contribution in [0, 0.1) is 6.92 Å². The van der Waals surface area contributed by atoms with E-state index < -0.39 is 10.0 Å². The maximum absolute atomic E-state index is 13.0. The zero-order valence-electron chi connectivity index (χ0n) is 15.8. The van der Waals surface area contributed by atoms with Crippen LogP contribution in [0.4, 0.5) is 0 Å². The Hall–Kier alpha value is -2.19. The van der Waals surface area contributed by atoms with Gasteiger partial charge in [0.05, 0.1) is 22.5 Å². The van der Waals surface area contributed by atoms with E-state index in [0.29, 0.717) is 24.5 Å². The van der Waals surface area contributed by atoms with Crippen molar-refractivity contribution in [3.05, 3.63) is 42.2 Å². The molecule has 0 aliphatic carbocycles. The number of aromatic nitrogens is 4. The second-order valence-corrected chi connectivity index (χ2v) is 8.93. The molecule has 3 heterocycles. The highest BCUT2D eigenvalue weighted by atomic mass is 32.2. The van der Waals surface area contributed by atoms with Crippen molar-refractivity contribution in [1.29, 1.82) is 0 Å². The summed E-state index contributed by atoms with van der Waals surface area (Å²) in [6.45, 7) is 6.64. The van der Waals surface area contributed by atoms with E-state index >= 15 is 0 Å². The molecular formula is C19H25N5O2S. The van der Waals surface area contributed by atoms with Gasteiger partial charge < -0.3 is 9.13 Å². The fraction of sp³-hybridized carbons (Fsp3) is 0.474. The molecule has 0 N–H and O–H groups in total. The largest absolute Gasteiger partial charge is 0.328 e. The van der Waals surface area contributed by atoms with E-state index in [1.54, 1.807) is 22.6 Å². The molecule has 8 heteroatoms. The van der Waals surface area contributed by atoms with E-state index in [-0.39, 0.29) is 0 Å². The third-order valence-electron chi connectivity index (χ3n) is 5.30. The molecular weight excluding hydrogens is 362 g/mol. The molecule has 1 saturated heterocycles. The Morgan fingerprint density at radius 3 is 2.59 bits per heavy atom. The van der Waals surface area contributed by atoms with E-state index in [9.17, 15) is 8.42 Å². The van der Waals surface area contributed by atoms with Crippen LogP contribution in [0.3, 0.4) is 0 Å². The van der Waals surface area contributed by atoms with E-state index in [2.05, 4.69) is 16.5 Å². The van der Waals surface area contributed by atoms with Gasteiger partial charge in [-0.25, -0.2) is 18.4 Å². The van der Waals surface area contributed by atoms with Gasteiger partial charge in [-0.2, -0.15) is 4.31 Å². The number of imidazole rings is 2. The van der Waals surface area contributed by atoms with Gasteiger partial charge >= 0.3 is 0 Å². The number of aryl methyl sites for hydroxylation is 2. The van der Waals surface area contributed by atoms with Crippen molar-refractivity contribution in [3.8, 4) is 0 Å². The van der Waals surface area contributed by atoms with Gasteiger partial charge in [0.2, 0.25) is 10.0 Å². The van der Waals surface area contributed by atoms with Crippen molar-refractivity contribution in [2.75, 3.05) is 13.1 Å². The summed E-state index contributed by atoms with van der Waals surface area (Å²) in [5.41, 5.74) is 1.69. The van der Waals surface area contributed by atoms with Crippen molar-refractivity contribution in [3.63, 3.8) is 0 Å². The summed E-state index contributed by atoms with van der Waals surface area (Å²) in [4.78, 5) is 9.35. The lowest BCUT2D eigenvalue weighted by Crippen LogP contribution is -2.35. The monoisotopic (exact) mass is 387 g/mol. The molecule has 7 nitrogen and oxygen atoms in total. The Balaban J connectivity index is 1.73. The van der Waals surface area contributed by atoms with Gasteiger partial charge in [-0.15, -0.1) is 0 Å². The molecule has 0 atom stereocenters. The average Bonchev–Trinajstić information content (AvgIpc) is 3.24. The SMILES string of the molecule is CCn1c(Cn2ccnc2C)nc2cc(S(=O)(=O)N3CCCCC3)ccc21. The molecule has 3 aromatic rings. The lowest BCUT2D eigenvalue weighted by molar-refractivity contribution is 0.346. The van der Waals surface area contributed by atoms with Crippen molar-refractivity contribution >= 4 is 21.1 Å². The number of benzene rings is 1. The van der Waals surface area contributed by atoms with Gasteiger partial charge in [0.15, 0.2) is 0 Å². The van der Waals surface area contributed by atoms with Crippen molar-refractivity contribution in [2.24, 2.45) is 0 Å². The summed E-state index contributed by atoms with van der Waals surface area (Å²) in [6, 6.07) is 5.31. The summed E-state index contributed by atoms with van der Waals surface area (Å²) in [5, 5.41) is 0. The minimum atomic E-state index is -3.45. The topological polar surface area (TPSA) is 73.0 Å². The lowest BCUT2D eigenvalue weighted by atomic mass is 10.2. The minimum absolute atomic E-state index is 0.336. The Bertz CT molecular complexity index is 1060. The van der Waals surface area contributed by atoms with Gasteiger partial charge in [-0.3, -0.25) is 0 Å². The van der Waals surface area contributed by atoms with E-state index in [0.717, 1.165) is 48.5 Å². The molecule has 27 heavy (non-hydrogen) atoms. The molecule has 2 aromatic heterocycles. The van der Waals surface area contributed by atoms with Gasteiger partial charge in [-0.1, -0.05) is 6.42 Å². The van der Waals surface area contributed by atoms with Crippen LogP contribution in [0.25, 0.3) is 11.0 Å². The summed E-state index contributed by atoms with van der Waals surface area (Å²) in [6.07, 6.45) is 6.67. The van der Waals surface area contributed by atoms with E-state index in [1.165, 1.54) is 0 Å². The third kappa shape index (κ3) is 3.27. The molecule has 144 valence electrons. The lowest BCUT2D eigenvalue weighted by Gasteiger charge is -2.25. The third-order valence-corrected chi connectivity index (χ3v) is 7.20. The first-order valence-electron chi connectivity index (χ1n) is 9.48. The highest BCUT2D eigenvalue weighted by Gasteiger charge is 2.26. The van der Waals surface area contributed by atoms with Crippen LogP contribution < -0.4 is 0 Å². The maximum Gasteiger partial charge on any atom is 0.243 e. The van der Waals surface area contributed by atoms with Crippen LogP contribution in [-0.4, -0.2) is 44.9 Å². The Kier molecular flexibility index (Phi) is 4.77. The number of hydrogen-bond acceptors (Lipinski definition) is 4. The zero-order valence-corrected chi connectivity index (χ0v) is 16.6. The predicted octanol–water partition coefficient (Wildman–Crippen LogP) is 2.78. The van der Waals surface area contributed by atoms with Crippen LogP contribution in [0.1, 0.15) is 37.8 Å². The van der Waals surface area contributed by atoms with Crippen LogP contribution >= 0.6 is 0 Å². The van der Waals surface area contributed by atoms with Gasteiger partial charge in [-0.05, 0) is 44.9 Å². The van der Waals surface area contributed by atoms with E-state index in [1.807, 2.05) is 23.8 Å². The van der Waals surface area contributed by atoms with Gasteiger partial charge in [0.1, 0.15) is 11.6 Å². The average molecular weight is 388 g/mol. The Morgan fingerprint density at radius 2 is 1.93 bits per heavy atom. The fourth-order valence-electron chi connectivity index (χ4n) is 3.77. The molecule has 0 amide bonds. The van der Waals surface area contributed by atoms with Gasteiger partial charge in [0.25, 0.3) is 0 Å². The fourth-order valence-corrected chi connectivity index (χ4v) is 5.31. The standard InChI is InChI=1S/C19H25N5O2S/c1-3-24-18-8-7-16(27(25,26)23-10-5-4-6-11-23)13-17(18)21-19(24)14-22-12-9-20-15(22)2/h7-9,12-13H,3-6,10-11,14H2,1-2H3. The molecule has 0 saturated carbocycles. The minimum Gasteiger partial charge on any atom is -0.328 e. The Morgan fingerprint density at radius 1 is 1.15 bits per heavy atom. The summed E-state index contributed by atoms with van der Waals surface area (Å²) >= 11 is 0. The van der Waals surface area contributed by atoms with Crippen LogP contribution in [-0.2, 0) is 23.1 Å². The van der Waals surface area contributed by atoms with Crippen molar-refractivity contribution in [2.45, 2.75) is 51.1 Å². The first-order valence-corrected chi connectivity index (χ1v) is 10.9. The number of fused-ring (bicyclic) bond motifs is 1. The molecule has 0 radical (unpaired) electrons. The van der Waals surface area contributed by atoms with E-state index in [4.69, 9.17) is 4.98 Å². The number of rotatable bonds is 5.